The topological polar surface area (TPSA) is 84.5 Å². The van der Waals surface area contributed by atoms with Gasteiger partial charge in [0.15, 0.2) is 17.5 Å². The molecule has 2 aromatic rings. The molecule has 0 spiro atoms. The van der Waals surface area contributed by atoms with Crippen LogP contribution in [0.4, 0.5) is 24.5 Å². The maximum atomic E-state index is 13.7. The molecule has 2 amide bonds. The number of hydrogen-bond acceptors (Lipinski definition) is 4. The zero-order chi connectivity index (χ0) is 21.1. The number of esters is 1. The Morgan fingerprint density at radius 2 is 1.57 bits per heavy atom. The van der Waals surface area contributed by atoms with E-state index in [1.165, 1.54) is 45.2 Å². The molecule has 2 N–H and O–H groups in total. The van der Waals surface area contributed by atoms with Gasteiger partial charge < -0.3 is 15.4 Å². The van der Waals surface area contributed by atoms with E-state index in [9.17, 15) is 27.6 Å². The predicted octanol–water partition coefficient (Wildman–Crippen LogP) is 3.49. The Kier molecular flexibility index (Phi) is 6.07. The molecular weight excluding hydrogens is 377 g/mol. The van der Waals surface area contributed by atoms with E-state index in [1.807, 2.05) is 0 Å². The molecule has 0 heterocycles. The summed E-state index contributed by atoms with van der Waals surface area (Å²) in [4.78, 5) is 36.5. The second kappa shape index (κ2) is 8.12. The number of methoxy groups -OCH3 is 1. The van der Waals surface area contributed by atoms with Gasteiger partial charge in [-0.25, -0.2) is 18.0 Å². The second-order valence-electron chi connectivity index (χ2n) is 6.33. The molecule has 0 saturated heterocycles. The minimum atomic E-state index is -1.74. The van der Waals surface area contributed by atoms with Gasteiger partial charge in [-0.1, -0.05) is 6.07 Å². The molecule has 148 valence electrons. The highest BCUT2D eigenvalue weighted by molar-refractivity contribution is 6.14. The van der Waals surface area contributed by atoms with Crippen molar-refractivity contribution in [1.29, 1.82) is 0 Å². The third kappa shape index (κ3) is 4.30. The smallest absolute Gasteiger partial charge is 0.337 e. The zero-order valence-corrected chi connectivity index (χ0v) is 15.2. The van der Waals surface area contributed by atoms with E-state index in [2.05, 4.69) is 15.4 Å². The number of hydrogen-bond donors (Lipinski definition) is 2. The third-order valence-corrected chi connectivity index (χ3v) is 3.96. The average Bonchev–Trinajstić information content (AvgIpc) is 2.67. The molecule has 28 heavy (non-hydrogen) atoms. The first-order valence-corrected chi connectivity index (χ1v) is 8.02. The Morgan fingerprint density at radius 3 is 2.21 bits per heavy atom. The van der Waals surface area contributed by atoms with Crippen LogP contribution in [0.5, 0.6) is 0 Å². The van der Waals surface area contributed by atoms with Crippen LogP contribution < -0.4 is 10.6 Å². The van der Waals surface area contributed by atoms with Crippen molar-refractivity contribution in [3.63, 3.8) is 0 Å². The van der Waals surface area contributed by atoms with Gasteiger partial charge in [-0.2, -0.15) is 0 Å². The van der Waals surface area contributed by atoms with Crippen LogP contribution in [0.15, 0.2) is 36.4 Å². The zero-order valence-electron chi connectivity index (χ0n) is 15.2. The highest BCUT2D eigenvalue weighted by Gasteiger charge is 2.37. The molecule has 0 atom stereocenters. The quantitative estimate of drug-likeness (QED) is 0.462. The van der Waals surface area contributed by atoms with Gasteiger partial charge in [0.1, 0.15) is 5.41 Å². The van der Waals surface area contributed by atoms with Crippen molar-refractivity contribution in [2.24, 2.45) is 5.41 Å². The second-order valence-corrected chi connectivity index (χ2v) is 6.33. The fraction of sp³-hybridized carbons (Fsp3) is 0.211. The van der Waals surface area contributed by atoms with Crippen molar-refractivity contribution < 1.29 is 32.3 Å². The number of carbonyl (C=O) groups excluding carboxylic acids is 3. The Balaban J connectivity index is 2.17. The number of amides is 2. The van der Waals surface area contributed by atoms with Crippen LogP contribution in [0.25, 0.3) is 0 Å². The molecule has 0 radical (unpaired) electrons. The van der Waals surface area contributed by atoms with Gasteiger partial charge in [-0.15, -0.1) is 0 Å². The summed E-state index contributed by atoms with van der Waals surface area (Å²) in [6.07, 6.45) is 0. The molecular formula is C19H17F3N2O4. The molecule has 0 aliphatic rings. The van der Waals surface area contributed by atoms with Gasteiger partial charge in [0, 0.05) is 5.69 Å². The van der Waals surface area contributed by atoms with Crippen molar-refractivity contribution in [3.05, 3.63) is 59.4 Å². The van der Waals surface area contributed by atoms with Gasteiger partial charge in [0.25, 0.3) is 0 Å². The minimum Gasteiger partial charge on any atom is -0.465 e. The lowest BCUT2D eigenvalue weighted by molar-refractivity contribution is -0.135. The molecule has 2 aromatic carbocycles. The molecule has 0 fully saturated rings. The largest absolute Gasteiger partial charge is 0.465 e. The van der Waals surface area contributed by atoms with Gasteiger partial charge in [-0.3, -0.25) is 9.59 Å². The average molecular weight is 394 g/mol. The molecule has 0 aliphatic carbocycles. The summed E-state index contributed by atoms with van der Waals surface area (Å²) in [6, 6.07) is 7.33. The van der Waals surface area contributed by atoms with Gasteiger partial charge in [0.05, 0.1) is 18.4 Å². The Hall–Kier alpha value is -3.36. The van der Waals surface area contributed by atoms with E-state index in [4.69, 9.17) is 0 Å². The fourth-order valence-corrected chi connectivity index (χ4v) is 2.13. The van der Waals surface area contributed by atoms with Gasteiger partial charge >= 0.3 is 5.97 Å². The first-order valence-electron chi connectivity index (χ1n) is 8.02. The van der Waals surface area contributed by atoms with Gasteiger partial charge in [0.2, 0.25) is 11.8 Å². The van der Waals surface area contributed by atoms with E-state index in [0.29, 0.717) is 6.07 Å². The van der Waals surface area contributed by atoms with Crippen molar-refractivity contribution in [2.45, 2.75) is 13.8 Å². The van der Waals surface area contributed by atoms with E-state index >= 15 is 0 Å². The molecule has 0 aliphatic heterocycles. The predicted molar refractivity (Wildman–Crippen MR) is 95.1 cm³/mol. The molecule has 6 nitrogen and oxygen atoms in total. The van der Waals surface area contributed by atoms with E-state index in [0.717, 1.165) is 6.07 Å². The Bertz CT molecular complexity index is 945. The third-order valence-electron chi connectivity index (χ3n) is 3.96. The molecule has 0 saturated carbocycles. The van der Waals surface area contributed by atoms with Crippen LogP contribution in [0.2, 0.25) is 0 Å². The van der Waals surface area contributed by atoms with Crippen LogP contribution in [-0.4, -0.2) is 24.9 Å². The number of benzene rings is 2. The lowest BCUT2D eigenvalue weighted by atomic mass is 9.90. The molecule has 0 aromatic heterocycles. The number of carbonyl (C=O) groups is 3. The Labute approximate surface area is 158 Å². The van der Waals surface area contributed by atoms with E-state index in [1.54, 1.807) is 0 Å². The maximum Gasteiger partial charge on any atom is 0.337 e. The molecule has 2 rings (SSSR count). The standard InChI is InChI=1S/C19H17F3N2O4/c1-19(2,18(27)24-13-8-7-12(20)14(21)15(13)22)17(26)23-11-6-4-5-10(9-11)16(25)28-3/h4-9H,1-3H3,(H,23,26)(H,24,27). The summed E-state index contributed by atoms with van der Waals surface area (Å²) in [7, 11) is 1.21. The van der Waals surface area contributed by atoms with Gasteiger partial charge in [-0.05, 0) is 44.2 Å². The first kappa shape index (κ1) is 20.9. The van der Waals surface area contributed by atoms with E-state index in [-0.39, 0.29) is 11.3 Å². The molecule has 0 bridgehead atoms. The molecule has 0 unspecified atom stereocenters. The normalized spacial score (nSPS) is 10.9. The summed E-state index contributed by atoms with van der Waals surface area (Å²) in [5, 5.41) is 4.54. The van der Waals surface area contributed by atoms with Crippen LogP contribution in [0.3, 0.4) is 0 Å². The Morgan fingerprint density at radius 1 is 0.929 bits per heavy atom. The number of ether oxygens (including phenoxy) is 1. The number of rotatable bonds is 5. The lowest BCUT2D eigenvalue weighted by Crippen LogP contribution is -2.41. The van der Waals surface area contributed by atoms with Crippen molar-refractivity contribution in [1.82, 2.24) is 0 Å². The van der Waals surface area contributed by atoms with Crippen LogP contribution >= 0.6 is 0 Å². The van der Waals surface area contributed by atoms with Crippen LogP contribution in [-0.2, 0) is 14.3 Å². The number of halogens is 3. The fourth-order valence-electron chi connectivity index (χ4n) is 2.13. The van der Waals surface area contributed by atoms with Crippen LogP contribution in [0.1, 0.15) is 24.2 Å². The summed E-state index contributed by atoms with van der Waals surface area (Å²) >= 11 is 0. The van der Waals surface area contributed by atoms with Crippen LogP contribution in [0, 0.1) is 22.9 Å². The van der Waals surface area contributed by atoms with Crippen molar-refractivity contribution >= 4 is 29.2 Å². The summed E-state index contributed by atoms with van der Waals surface area (Å²) in [6.45, 7) is 2.53. The highest BCUT2D eigenvalue weighted by Crippen LogP contribution is 2.25. The van der Waals surface area contributed by atoms with Crippen molar-refractivity contribution in [3.8, 4) is 0 Å². The highest BCUT2D eigenvalue weighted by atomic mass is 19.2. The maximum absolute atomic E-state index is 13.7. The summed E-state index contributed by atoms with van der Waals surface area (Å²) in [5.41, 5.74) is -1.89. The summed E-state index contributed by atoms with van der Waals surface area (Å²) < 4.78 is 44.6. The lowest BCUT2D eigenvalue weighted by Gasteiger charge is -2.23. The number of nitrogens with one attached hydrogen (secondary N) is 2. The van der Waals surface area contributed by atoms with Crippen molar-refractivity contribution in [2.75, 3.05) is 17.7 Å². The number of anilines is 2. The first-order chi connectivity index (χ1) is 13.1. The summed E-state index contributed by atoms with van der Waals surface area (Å²) in [5.74, 6) is -7.04. The minimum absolute atomic E-state index is 0.186. The monoisotopic (exact) mass is 394 g/mol. The van der Waals surface area contributed by atoms with E-state index < -0.39 is 46.3 Å². The molecule has 9 heteroatoms. The SMILES string of the molecule is COC(=O)c1cccc(NC(=O)C(C)(C)C(=O)Nc2ccc(F)c(F)c2F)c1.